The van der Waals surface area contributed by atoms with Crippen LogP contribution in [0.2, 0.25) is 0 Å². The maximum absolute atomic E-state index is 5.56. The molecule has 100 valence electrons. The third-order valence-electron chi connectivity index (χ3n) is 3.28. The molecule has 1 aliphatic rings. The predicted molar refractivity (Wildman–Crippen MR) is 78.2 cm³/mol. The molecular weight excluding hydrogens is 256 g/mol. The van der Waals surface area contributed by atoms with Crippen molar-refractivity contribution >= 4 is 11.3 Å². The molecule has 1 atom stereocenters. The molecular formula is C15H18N2OS. The molecule has 0 bridgehead atoms. The molecule has 1 saturated heterocycles. The fourth-order valence-corrected chi connectivity index (χ4v) is 3.17. The van der Waals surface area contributed by atoms with Gasteiger partial charge in [-0.15, -0.1) is 11.3 Å². The van der Waals surface area contributed by atoms with Crippen molar-refractivity contribution in [3.63, 3.8) is 0 Å². The largest absolute Gasteiger partial charge is 0.376 e. The van der Waals surface area contributed by atoms with E-state index in [4.69, 9.17) is 9.72 Å². The maximum Gasteiger partial charge on any atom is 0.123 e. The molecule has 0 N–H and O–H groups in total. The van der Waals surface area contributed by atoms with Gasteiger partial charge in [-0.2, -0.15) is 0 Å². The monoisotopic (exact) mass is 274 g/mol. The van der Waals surface area contributed by atoms with E-state index in [0.29, 0.717) is 6.10 Å². The number of hydrogen-bond acceptors (Lipinski definition) is 4. The van der Waals surface area contributed by atoms with Crippen LogP contribution in [0.25, 0.3) is 10.6 Å². The minimum absolute atomic E-state index is 0.334. The van der Waals surface area contributed by atoms with Crippen LogP contribution in [0.5, 0.6) is 0 Å². The average Bonchev–Trinajstić information content (AvgIpc) is 2.88. The first-order chi connectivity index (χ1) is 9.31. The van der Waals surface area contributed by atoms with E-state index in [2.05, 4.69) is 41.5 Å². The molecule has 0 radical (unpaired) electrons. The van der Waals surface area contributed by atoms with Gasteiger partial charge >= 0.3 is 0 Å². The van der Waals surface area contributed by atoms with Gasteiger partial charge in [0.15, 0.2) is 0 Å². The molecule has 1 aromatic carbocycles. The second-order valence-electron chi connectivity index (χ2n) is 4.93. The Morgan fingerprint density at radius 1 is 1.37 bits per heavy atom. The van der Waals surface area contributed by atoms with Crippen molar-refractivity contribution in [1.82, 2.24) is 9.88 Å². The number of benzene rings is 1. The highest BCUT2D eigenvalue weighted by molar-refractivity contribution is 7.13. The summed E-state index contributed by atoms with van der Waals surface area (Å²) < 4.78 is 5.56. The zero-order valence-corrected chi connectivity index (χ0v) is 11.9. The highest BCUT2D eigenvalue weighted by atomic mass is 32.1. The van der Waals surface area contributed by atoms with Gasteiger partial charge in [-0.05, 0) is 6.92 Å². The highest BCUT2D eigenvalue weighted by Gasteiger charge is 2.17. The first-order valence-corrected chi connectivity index (χ1v) is 7.53. The fraction of sp³-hybridized carbons (Fsp3) is 0.400. The topological polar surface area (TPSA) is 25.4 Å². The van der Waals surface area contributed by atoms with Gasteiger partial charge in [0.1, 0.15) is 5.01 Å². The van der Waals surface area contributed by atoms with Gasteiger partial charge in [-0.3, -0.25) is 4.90 Å². The number of aromatic nitrogens is 1. The van der Waals surface area contributed by atoms with E-state index in [-0.39, 0.29) is 0 Å². The Labute approximate surface area is 117 Å². The van der Waals surface area contributed by atoms with Gasteiger partial charge in [0, 0.05) is 30.6 Å². The maximum atomic E-state index is 5.56. The zero-order chi connectivity index (χ0) is 13.1. The van der Waals surface area contributed by atoms with E-state index in [1.165, 1.54) is 5.56 Å². The van der Waals surface area contributed by atoms with Crippen LogP contribution in [-0.2, 0) is 11.3 Å². The number of morpholine rings is 1. The van der Waals surface area contributed by atoms with Crippen molar-refractivity contribution in [1.29, 1.82) is 0 Å². The molecule has 1 fully saturated rings. The van der Waals surface area contributed by atoms with Crippen LogP contribution in [0.15, 0.2) is 35.7 Å². The summed E-state index contributed by atoms with van der Waals surface area (Å²) in [4.78, 5) is 7.15. The molecule has 2 aromatic rings. The second-order valence-corrected chi connectivity index (χ2v) is 5.78. The summed E-state index contributed by atoms with van der Waals surface area (Å²) in [5.74, 6) is 0. The van der Waals surface area contributed by atoms with E-state index in [1.54, 1.807) is 11.3 Å². The molecule has 3 rings (SSSR count). The third kappa shape index (κ3) is 3.21. The summed E-state index contributed by atoms with van der Waals surface area (Å²) in [5.41, 5.74) is 2.37. The highest BCUT2D eigenvalue weighted by Crippen LogP contribution is 2.24. The molecule has 0 unspecified atom stereocenters. The smallest absolute Gasteiger partial charge is 0.123 e. The van der Waals surface area contributed by atoms with Gasteiger partial charge < -0.3 is 4.74 Å². The van der Waals surface area contributed by atoms with E-state index in [9.17, 15) is 0 Å². The minimum Gasteiger partial charge on any atom is -0.376 e. The molecule has 0 saturated carbocycles. The van der Waals surface area contributed by atoms with Gasteiger partial charge in [-0.1, -0.05) is 30.3 Å². The van der Waals surface area contributed by atoms with Crippen LogP contribution in [0.1, 0.15) is 12.6 Å². The number of nitrogens with zero attached hydrogens (tertiary/aromatic N) is 2. The lowest BCUT2D eigenvalue weighted by molar-refractivity contribution is -0.0215. The van der Waals surface area contributed by atoms with Crippen LogP contribution in [0.4, 0.5) is 0 Å². The SMILES string of the molecule is C[C@H]1CN(Cc2csc(-c3ccccc3)n2)CCO1. The van der Waals surface area contributed by atoms with Crippen molar-refractivity contribution < 1.29 is 4.74 Å². The number of hydrogen-bond donors (Lipinski definition) is 0. The second kappa shape index (κ2) is 5.82. The Balaban J connectivity index is 1.68. The lowest BCUT2D eigenvalue weighted by atomic mass is 10.2. The van der Waals surface area contributed by atoms with Crippen LogP contribution in [0, 0.1) is 0 Å². The zero-order valence-electron chi connectivity index (χ0n) is 11.1. The predicted octanol–water partition coefficient (Wildman–Crippen LogP) is 3.03. The Morgan fingerprint density at radius 2 is 2.21 bits per heavy atom. The molecule has 0 amide bonds. The summed E-state index contributed by atoms with van der Waals surface area (Å²) in [5, 5.41) is 3.28. The van der Waals surface area contributed by atoms with Crippen molar-refractivity contribution in [2.24, 2.45) is 0 Å². The van der Waals surface area contributed by atoms with E-state index >= 15 is 0 Å². The molecule has 2 heterocycles. The van der Waals surface area contributed by atoms with Gasteiger partial charge in [0.05, 0.1) is 18.4 Å². The van der Waals surface area contributed by atoms with Crippen molar-refractivity contribution in [3.8, 4) is 10.6 Å². The van der Waals surface area contributed by atoms with Crippen LogP contribution in [0.3, 0.4) is 0 Å². The molecule has 1 aromatic heterocycles. The van der Waals surface area contributed by atoms with E-state index < -0.39 is 0 Å². The standard InChI is InChI=1S/C15H18N2OS/c1-12-9-17(7-8-18-12)10-14-11-19-15(16-14)13-5-3-2-4-6-13/h2-6,11-12H,7-10H2,1H3/t12-/m0/s1. The molecule has 0 aliphatic carbocycles. The minimum atomic E-state index is 0.334. The molecule has 3 nitrogen and oxygen atoms in total. The summed E-state index contributed by atoms with van der Waals surface area (Å²) >= 11 is 1.72. The third-order valence-corrected chi connectivity index (χ3v) is 4.22. The normalized spacial score (nSPS) is 20.6. The summed E-state index contributed by atoms with van der Waals surface area (Å²) in [6.45, 7) is 5.89. The number of thiazole rings is 1. The van der Waals surface area contributed by atoms with E-state index in [0.717, 1.165) is 36.9 Å². The van der Waals surface area contributed by atoms with Crippen LogP contribution in [-0.4, -0.2) is 35.7 Å². The Bertz CT molecular complexity index is 526. The van der Waals surface area contributed by atoms with Gasteiger partial charge in [0.25, 0.3) is 0 Å². The summed E-state index contributed by atoms with van der Waals surface area (Å²) in [6.07, 6.45) is 0.334. The number of rotatable bonds is 3. The lowest BCUT2D eigenvalue weighted by Gasteiger charge is -2.30. The fourth-order valence-electron chi connectivity index (χ4n) is 2.36. The van der Waals surface area contributed by atoms with Crippen LogP contribution < -0.4 is 0 Å². The average molecular weight is 274 g/mol. The quantitative estimate of drug-likeness (QED) is 0.860. The molecule has 4 heteroatoms. The lowest BCUT2D eigenvalue weighted by Crippen LogP contribution is -2.40. The van der Waals surface area contributed by atoms with E-state index in [1.807, 2.05) is 6.07 Å². The summed E-state index contributed by atoms with van der Waals surface area (Å²) in [6, 6.07) is 10.4. The van der Waals surface area contributed by atoms with Crippen molar-refractivity contribution in [2.45, 2.75) is 19.6 Å². The first-order valence-electron chi connectivity index (χ1n) is 6.65. The molecule has 0 spiro atoms. The van der Waals surface area contributed by atoms with Crippen molar-refractivity contribution in [2.75, 3.05) is 19.7 Å². The Morgan fingerprint density at radius 3 is 3.00 bits per heavy atom. The summed E-state index contributed by atoms with van der Waals surface area (Å²) in [7, 11) is 0. The van der Waals surface area contributed by atoms with Gasteiger partial charge in [0.2, 0.25) is 0 Å². The van der Waals surface area contributed by atoms with Crippen LogP contribution >= 0.6 is 11.3 Å². The van der Waals surface area contributed by atoms with Crippen molar-refractivity contribution in [3.05, 3.63) is 41.4 Å². The Hall–Kier alpha value is -1.23. The number of ether oxygens (including phenoxy) is 1. The molecule has 1 aliphatic heterocycles. The van der Waals surface area contributed by atoms with Gasteiger partial charge in [-0.25, -0.2) is 4.98 Å². The first kappa shape index (κ1) is 12.8. The Kier molecular flexibility index (Phi) is 3.92. The molecule has 19 heavy (non-hydrogen) atoms.